The molecule has 1 saturated heterocycles. The molecule has 0 saturated carbocycles. The summed E-state index contributed by atoms with van der Waals surface area (Å²) in [5.41, 5.74) is -0.602. The molecule has 1 aliphatic rings. The molecule has 0 aromatic rings. The molecular weight excluding hydrogens is 225 g/mol. The molecule has 4 nitrogen and oxygen atoms in total. The van der Waals surface area contributed by atoms with Crippen LogP contribution in [0.2, 0.25) is 0 Å². The average molecular weight is 240 g/mol. The van der Waals surface area contributed by atoms with Gasteiger partial charge in [0.15, 0.2) is 0 Å². The summed E-state index contributed by atoms with van der Waals surface area (Å²) < 4.78 is 40.8. The van der Waals surface area contributed by atoms with Crippen LogP contribution in [0.3, 0.4) is 0 Å². The minimum absolute atomic E-state index is 0.205. The minimum atomic E-state index is -4.39. The Morgan fingerprint density at radius 2 is 2.19 bits per heavy atom. The Labute approximate surface area is 91.5 Å². The smallest absolute Gasteiger partial charge is 0.376 e. The van der Waals surface area contributed by atoms with Gasteiger partial charge in [-0.2, -0.15) is 13.2 Å². The van der Waals surface area contributed by atoms with E-state index < -0.39 is 24.3 Å². The number of urea groups is 1. The lowest BCUT2D eigenvalue weighted by atomic mass is 9.95. The molecule has 94 valence electrons. The number of carbonyl (C=O) groups excluding carboxylic acids is 1. The van der Waals surface area contributed by atoms with E-state index in [-0.39, 0.29) is 6.10 Å². The maximum atomic E-state index is 11.8. The molecule has 1 rings (SSSR count). The maximum Gasteiger partial charge on any atom is 0.405 e. The summed E-state index contributed by atoms with van der Waals surface area (Å²) in [5.74, 6) is 0. The SMILES string of the molecule is CC1OCCC1(C)NC(=O)NCC(F)(F)F. The van der Waals surface area contributed by atoms with Crippen LogP contribution in [-0.4, -0.2) is 37.0 Å². The summed E-state index contributed by atoms with van der Waals surface area (Å²) in [5, 5.41) is 4.27. The summed E-state index contributed by atoms with van der Waals surface area (Å²) in [7, 11) is 0. The number of carbonyl (C=O) groups is 1. The highest BCUT2D eigenvalue weighted by molar-refractivity contribution is 5.74. The van der Waals surface area contributed by atoms with Crippen molar-refractivity contribution in [3.05, 3.63) is 0 Å². The highest BCUT2D eigenvalue weighted by Gasteiger charge is 2.38. The fourth-order valence-corrected chi connectivity index (χ4v) is 1.48. The minimum Gasteiger partial charge on any atom is -0.376 e. The molecule has 2 atom stereocenters. The molecule has 16 heavy (non-hydrogen) atoms. The third-order valence-corrected chi connectivity index (χ3v) is 2.73. The van der Waals surface area contributed by atoms with Gasteiger partial charge in [-0.25, -0.2) is 4.79 Å². The summed E-state index contributed by atoms with van der Waals surface area (Å²) >= 11 is 0. The van der Waals surface area contributed by atoms with Crippen LogP contribution in [0.5, 0.6) is 0 Å². The van der Waals surface area contributed by atoms with Gasteiger partial charge in [0, 0.05) is 6.61 Å². The normalized spacial score (nSPS) is 30.2. The molecule has 2 N–H and O–H groups in total. The van der Waals surface area contributed by atoms with Gasteiger partial charge >= 0.3 is 12.2 Å². The molecule has 1 aliphatic heterocycles. The van der Waals surface area contributed by atoms with E-state index in [0.717, 1.165) is 0 Å². The van der Waals surface area contributed by atoms with Crippen molar-refractivity contribution < 1.29 is 22.7 Å². The molecule has 0 bridgehead atoms. The number of amides is 2. The van der Waals surface area contributed by atoms with Crippen LogP contribution < -0.4 is 10.6 Å². The van der Waals surface area contributed by atoms with Crippen molar-refractivity contribution >= 4 is 6.03 Å². The van der Waals surface area contributed by atoms with Gasteiger partial charge in [0.2, 0.25) is 0 Å². The fraction of sp³-hybridized carbons (Fsp3) is 0.889. The molecule has 7 heteroatoms. The molecule has 1 fully saturated rings. The molecule has 0 radical (unpaired) electrons. The van der Waals surface area contributed by atoms with Crippen molar-refractivity contribution in [1.29, 1.82) is 0 Å². The Kier molecular flexibility index (Phi) is 3.67. The molecule has 2 unspecified atom stereocenters. The van der Waals surface area contributed by atoms with Crippen LogP contribution >= 0.6 is 0 Å². The van der Waals surface area contributed by atoms with Gasteiger partial charge in [-0.15, -0.1) is 0 Å². The maximum absolute atomic E-state index is 11.8. The van der Waals surface area contributed by atoms with E-state index in [9.17, 15) is 18.0 Å². The highest BCUT2D eigenvalue weighted by Crippen LogP contribution is 2.24. The Morgan fingerprint density at radius 3 is 2.62 bits per heavy atom. The number of ether oxygens (including phenoxy) is 1. The number of halogens is 3. The first-order valence-corrected chi connectivity index (χ1v) is 4.97. The third-order valence-electron chi connectivity index (χ3n) is 2.73. The zero-order chi connectivity index (χ0) is 12.4. The predicted molar refractivity (Wildman–Crippen MR) is 51.0 cm³/mol. The highest BCUT2D eigenvalue weighted by atomic mass is 19.4. The second-order valence-electron chi connectivity index (χ2n) is 4.10. The van der Waals surface area contributed by atoms with Crippen LogP contribution in [0, 0.1) is 0 Å². The van der Waals surface area contributed by atoms with Crippen molar-refractivity contribution in [2.75, 3.05) is 13.2 Å². The molecule has 0 aliphatic carbocycles. The lowest BCUT2D eigenvalue weighted by Gasteiger charge is -2.28. The predicted octanol–water partition coefficient (Wildman–Crippen LogP) is 1.42. The number of nitrogens with one attached hydrogen (secondary N) is 2. The van der Waals surface area contributed by atoms with Crippen LogP contribution in [-0.2, 0) is 4.74 Å². The second-order valence-corrected chi connectivity index (χ2v) is 4.10. The number of hydrogen-bond donors (Lipinski definition) is 2. The van der Waals surface area contributed by atoms with Gasteiger partial charge in [0.1, 0.15) is 6.54 Å². The molecule has 1 heterocycles. The zero-order valence-corrected chi connectivity index (χ0v) is 9.15. The van der Waals surface area contributed by atoms with E-state index in [4.69, 9.17) is 4.74 Å². The first-order valence-electron chi connectivity index (χ1n) is 4.97. The van der Waals surface area contributed by atoms with Crippen molar-refractivity contribution in [1.82, 2.24) is 10.6 Å². The molecule has 0 aromatic heterocycles. The summed E-state index contributed by atoms with van der Waals surface area (Å²) in [6.45, 7) is 2.69. The monoisotopic (exact) mass is 240 g/mol. The number of rotatable bonds is 2. The lowest BCUT2D eigenvalue weighted by Crippen LogP contribution is -2.54. The van der Waals surface area contributed by atoms with Crippen molar-refractivity contribution in [2.45, 2.75) is 38.1 Å². The molecule has 0 aromatic carbocycles. The van der Waals surface area contributed by atoms with Crippen molar-refractivity contribution in [3.8, 4) is 0 Å². The third kappa shape index (κ3) is 3.55. The van der Waals surface area contributed by atoms with Crippen molar-refractivity contribution in [2.24, 2.45) is 0 Å². The number of hydrogen-bond acceptors (Lipinski definition) is 2. The van der Waals surface area contributed by atoms with Crippen molar-refractivity contribution in [3.63, 3.8) is 0 Å². The van der Waals surface area contributed by atoms with E-state index in [0.29, 0.717) is 13.0 Å². The van der Waals surface area contributed by atoms with Crippen LogP contribution in [0.15, 0.2) is 0 Å². The standard InChI is InChI=1S/C9H15F3N2O2/c1-6-8(2,3-4-16-6)14-7(15)13-5-9(10,11)12/h6H,3-5H2,1-2H3,(H2,13,14,15). The summed E-state index contributed by atoms with van der Waals surface area (Å²) in [6, 6.07) is -0.822. The molecule has 0 spiro atoms. The van der Waals surface area contributed by atoms with Gasteiger partial charge in [0.05, 0.1) is 11.6 Å². The van der Waals surface area contributed by atoms with Crippen LogP contribution in [0.4, 0.5) is 18.0 Å². The average Bonchev–Trinajstić information content (AvgIpc) is 2.43. The van der Waals surface area contributed by atoms with Gasteiger partial charge in [0.25, 0.3) is 0 Å². The van der Waals surface area contributed by atoms with Gasteiger partial charge in [-0.3, -0.25) is 0 Å². The Bertz CT molecular complexity index is 270. The molecule has 2 amide bonds. The Hall–Kier alpha value is -0.980. The fourth-order valence-electron chi connectivity index (χ4n) is 1.48. The van der Waals surface area contributed by atoms with Crippen LogP contribution in [0.1, 0.15) is 20.3 Å². The Morgan fingerprint density at radius 1 is 1.56 bits per heavy atom. The second kappa shape index (κ2) is 4.48. The first-order chi connectivity index (χ1) is 7.23. The number of alkyl halides is 3. The largest absolute Gasteiger partial charge is 0.405 e. The van der Waals surface area contributed by atoms with Gasteiger partial charge in [-0.1, -0.05) is 0 Å². The van der Waals surface area contributed by atoms with E-state index in [2.05, 4.69) is 5.32 Å². The topological polar surface area (TPSA) is 50.4 Å². The Balaban J connectivity index is 2.39. The summed E-state index contributed by atoms with van der Waals surface area (Å²) in [4.78, 5) is 11.2. The molecular formula is C9H15F3N2O2. The van der Waals surface area contributed by atoms with Gasteiger partial charge < -0.3 is 15.4 Å². The quantitative estimate of drug-likeness (QED) is 0.766. The van der Waals surface area contributed by atoms with E-state index in [1.54, 1.807) is 19.2 Å². The van der Waals surface area contributed by atoms with E-state index in [1.165, 1.54) is 0 Å². The van der Waals surface area contributed by atoms with Crippen LogP contribution in [0.25, 0.3) is 0 Å². The van der Waals surface area contributed by atoms with Gasteiger partial charge in [-0.05, 0) is 20.3 Å². The lowest BCUT2D eigenvalue weighted by molar-refractivity contribution is -0.122. The van der Waals surface area contributed by atoms with E-state index >= 15 is 0 Å². The van der Waals surface area contributed by atoms with E-state index in [1.807, 2.05) is 0 Å². The zero-order valence-electron chi connectivity index (χ0n) is 9.15. The first kappa shape index (κ1) is 13.1. The summed E-state index contributed by atoms with van der Waals surface area (Å²) in [6.07, 6.45) is -4.01.